The molecular formula is C17H20N2O3S. The summed E-state index contributed by atoms with van der Waals surface area (Å²) in [6.07, 6.45) is 1.75. The Bertz CT molecular complexity index is 827. The van der Waals surface area contributed by atoms with Crippen molar-refractivity contribution in [1.82, 2.24) is 10.2 Å². The Morgan fingerprint density at radius 3 is 2.70 bits per heavy atom. The largest absolute Gasteiger partial charge is 0.334 e. The highest BCUT2D eigenvalue weighted by Crippen LogP contribution is 2.19. The number of fused-ring (bicyclic) bond motifs is 1. The molecule has 1 saturated heterocycles. The molecule has 0 radical (unpaired) electrons. The lowest BCUT2D eigenvalue weighted by molar-refractivity contribution is 0.208. The fourth-order valence-corrected chi connectivity index (χ4v) is 3.98. The minimum Gasteiger partial charge on any atom is -0.334 e. The minimum atomic E-state index is -3.09. The van der Waals surface area contributed by atoms with Gasteiger partial charge in [0.25, 0.3) is 0 Å². The highest BCUT2D eigenvalue weighted by Gasteiger charge is 2.32. The molecule has 0 bridgehead atoms. The molecule has 6 heteroatoms. The Morgan fingerprint density at radius 2 is 1.96 bits per heavy atom. The lowest BCUT2D eigenvalue weighted by Crippen LogP contribution is -2.39. The number of rotatable bonds is 3. The SMILES string of the molecule is CS(=O)(=O)C1CCN(C(=O)NCc2cccc3ccccc23)C1. The number of hydrogen-bond acceptors (Lipinski definition) is 3. The normalized spacial score (nSPS) is 18.3. The number of likely N-dealkylation sites (tertiary alicyclic amines) is 1. The molecule has 2 aromatic rings. The lowest BCUT2D eigenvalue weighted by atomic mass is 10.0. The van der Waals surface area contributed by atoms with E-state index in [1.165, 1.54) is 6.26 Å². The van der Waals surface area contributed by atoms with Gasteiger partial charge in [-0.3, -0.25) is 0 Å². The highest BCUT2D eigenvalue weighted by atomic mass is 32.2. The molecular weight excluding hydrogens is 312 g/mol. The van der Waals surface area contributed by atoms with Crippen LogP contribution < -0.4 is 5.32 Å². The average Bonchev–Trinajstić information content (AvgIpc) is 3.03. The Balaban J connectivity index is 1.65. The number of sulfone groups is 1. The second-order valence-electron chi connectivity index (χ2n) is 5.98. The topological polar surface area (TPSA) is 66.5 Å². The monoisotopic (exact) mass is 332 g/mol. The van der Waals surface area contributed by atoms with Crippen LogP contribution in [0.2, 0.25) is 0 Å². The fraction of sp³-hybridized carbons (Fsp3) is 0.353. The van der Waals surface area contributed by atoms with E-state index >= 15 is 0 Å². The summed E-state index contributed by atoms with van der Waals surface area (Å²) in [5, 5.41) is 4.71. The fourth-order valence-electron chi connectivity index (χ4n) is 2.99. The number of urea groups is 1. The van der Waals surface area contributed by atoms with Crippen LogP contribution in [0.1, 0.15) is 12.0 Å². The molecule has 1 heterocycles. The smallest absolute Gasteiger partial charge is 0.317 e. The number of amides is 2. The number of hydrogen-bond donors (Lipinski definition) is 1. The maximum Gasteiger partial charge on any atom is 0.317 e. The van der Waals surface area contributed by atoms with E-state index in [2.05, 4.69) is 5.32 Å². The van der Waals surface area contributed by atoms with Crippen molar-refractivity contribution in [1.29, 1.82) is 0 Å². The van der Waals surface area contributed by atoms with Crippen molar-refractivity contribution in [2.75, 3.05) is 19.3 Å². The number of nitrogens with one attached hydrogen (secondary N) is 1. The molecule has 5 nitrogen and oxygen atoms in total. The predicted molar refractivity (Wildman–Crippen MR) is 91.0 cm³/mol. The Kier molecular flexibility index (Phi) is 4.26. The van der Waals surface area contributed by atoms with Gasteiger partial charge in [0.15, 0.2) is 9.84 Å². The van der Waals surface area contributed by atoms with Crippen LogP contribution in [0.4, 0.5) is 4.79 Å². The van der Waals surface area contributed by atoms with Gasteiger partial charge < -0.3 is 10.2 Å². The molecule has 0 aromatic heterocycles. The summed E-state index contributed by atoms with van der Waals surface area (Å²) < 4.78 is 23.1. The summed E-state index contributed by atoms with van der Waals surface area (Å²) in [7, 11) is -3.09. The molecule has 2 aromatic carbocycles. The average molecular weight is 332 g/mol. The van der Waals surface area contributed by atoms with Gasteiger partial charge in [0.2, 0.25) is 0 Å². The number of carbonyl (C=O) groups is 1. The summed E-state index contributed by atoms with van der Waals surface area (Å²) in [4.78, 5) is 13.8. The van der Waals surface area contributed by atoms with Gasteiger partial charge in [-0.1, -0.05) is 42.5 Å². The van der Waals surface area contributed by atoms with Crippen molar-refractivity contribution < 1.29 is 13.2 Å². The Morgan fingerprint density at radius 1 is 1.22 bits per heavy atom. The van der Waals surface area contributed by atoms with Crippen molar-refractivity contribution in [3.63, 3.8) is 0 Å². The van der Waals surface area contributed by atoms with Crippen LogP contribution in [0, 0.1) is 0 Å². The summed E-state index contributed by atoms with van der Waals surface area (Å²) in [5.74, 6) is 0. The van der Waals surface area contributed by atoms with Gasteiger partial charge in [-0.2, -0.15) is 0 Å². The number of benzene rings is 2. The van der Waals surface area contributed by atoms with Crippen LogP contribution in [0.15, 0.2) is 42.5 Å². The molecule has 0 saturated carbocycles. The molecule has 1 atom stereocenters. The van der Waals surface area contributed by atoms with E-state index in [0.717, 1.165) is 16.3 Å². The molecule has 122 valence electrons. The molecule has 3 rings (SSSR count). The third-order valence-electron chi connectivity index (χ3n) is 4.35. The van der Waals surface area contributed by atoms with Crippen LogP contribution in [0.5, 0.6) is 0 Å². The van der Waals surface area contributed by atoms with E-state index in [9.17, 15) is 13.2 Å². The van der Waals surface area contributed by atoms with Gasteiger partial charge in [-0.25, -0.2) is 13.2 Å². The maximum absolute atomic E-state index is 12.2. The first-order chi connectivity index (χ1) is 10.9. The molecule has 1 aliphatic heterocycles. The summed E-state index contributed by atoms with van der Waals surface area (Å²) in [6.45, 7) is 1.19. The predicted octanol–water partition coefficient (Wildman–Crippen LogP) is 2.17. The number of carbonyl (C=O) groups excluding carboxylic acids is 1. The third kappa shape index (κ3) is 3.47. The molecule has 1 N–H and O–H groups in total. The summed E-state index contributed by atoms with van der Waals surface area (Å²) >= 11 is 0. The van der Waals surface area contributed by atoms with Gasteiger partial charge in [0.1, 0.15) is 0 Å². The van der Waals surface area contributed by atoms with Crippen LogP contribution in [0.3, 0.4) is 0 Å². The Labute approximate surface area is 136 Å². The Hall–Kier alpha value is -2.08. The zero-order chi connectivity index (χ0) is 16.4. The molecule has 1 aliphatic rings. The van der Waals surface area contributed by atoms with E-state index in [0.29, 0.717) is 19.5 Å². The van der Waals surface area contributed by atoms with E-state index in [4.69, 9.17) is 0 Å². The van der Waals surface area contributed by atoms with Gasteiger partial charge in [-0.15, -0.1) is 0 Å². The van der Waals surface area contributed by atoms with Crippen molar-refractivity contribution in [2.45, 2.75) is 18.2 Å². The highest BCUT2D eigenvalue weighted by molar-refractivity contribution is 7.91. The molecule has 0 spiro atoms. The van der Waals surface area contributed by atoms with Crippen molar-refractivity contribution in [2.24, 2.45) is 0 Å². The van der Waals surface area contributed by atoms with E-state index < -0.39 is 15.1 Å². The minimum absolute atomic E-state index is 0.205. The third-order valence-corrected chi connectivity index (χ3v) is 5.94. The summed E-state index contributed by atoms with van der Waals surface area (Å²) in [6, 6.07) is 13.8. The first kappa shape index (κ1) is 15.8. The van der Waals surface area contributed by atoms with Crippen molar-refractivity contribution >= 4 is 26.6 Å². The molecule has 1 fully saturated rings. The zero-order valence-corrected chi connectivity index (χ0v) is 13.8. The molecule has 23 heavy (non-hydrogen) atoms. The molecule has 2 amide bonds. The van der Waals surface area contributed by atoms with E-state index in [1.807, 2.05) is 42.5 Å². The van der Waals surface area contributed by atoms with Gasteiger partial charge in [-0.05, 0) is 22.8 Å². The van der Waals surface area contributed by atoms with E-state index in [1.54, 1.807) is 4.90 Å². The quantitative estimate of drug-likeness (QED) is 0.937. The van der Waals surface area contributed by atoms with Gasteiger partial charge in [0, 0.05) is 25.9 Å². The van der Waals surface area contributed by atoms with Crippen LogP contribution in [0.25, 0.3) is 10.8 Å². The van der Waals surface area contributed by atoms with Gasteiger partial charge in [0.05, 0.1) is 5.25 Å². The standard InChI is InChI=1S/C17H20N2O3S/c1-23(21,22)15-9-10-19(12-15)17(20)18-11-14-7-4-6-13-5-2-3-8-16(13)14/h2-8,15H,9-12H2,1H3,(H,18,20). The van der Waals surface area contributed by atoms with Crippen molar-refractivity contribution in [3.8, 4) is 0 Å². The first-order valence-electron chi connectivity index (χ1n) is 7.63. The second-order valence-corrected chi connectivity index (χ2v) is 8.31. The van der Waals surface area contributed by atoms with E-state index in [-0.39, 0.29) is 12.6 Å². The number of nitrogens with zero attached hydrogens (tertiary/aromatic N) is 1. The first-order valence-corrected chi connectivity index (χ1v) is 9.59. The van der Waals surface area contributed by atoms with Crippen LogP contribution in [-0.4, -0.2) is 43.9 Å². The maximum atomic E-state index is 12.2. The lowest BCUT2D eigenvalue weighted by Gasteiger charge is -2.17. The molecule has 0 aliphatic carbocycles. The van der Waals surface area contributed by atoms with Crippen LogP contribution >= 0.6 is 0 Å². The van der Waals surface area contributed by atoms with Crippen LogP contribution in [-0.2, 0) is 16.4 Å². The van der Waals surface area contributed by atoms with Gasteiger partial charge >= 0.3 is 6.03 Å². The van der Waals surface area contributed by atoms with Crippen molar-refractivity contribution in [3.05, 3.63) is 48.0 Å². The molecule has 1 unspecified atom stereocenters. The zero-order valence-electron chi connectivity index (χ0n) is 13.0. The summed E-state index contributed by atoms with van der Waals surface area (Å²) in [5.41, 5.74) is 1.05. The second kappa shape index (κ2) is 6.20.